The molecule has 0 amide bonds. The number of piperidine rings is 1. The number of hydrogen-bond donors (Lipinski definition) is 0. The largest absolute Gasteiger partial charge is 0.467 e. The van der Waals surface area contributed by atoms with Crippen molar-refractivity contribution in [2.24, 2.45) is 0 Å². The van der Waals surface area contributed by atoms with Gasteiger partial charge in [0.25, 0.3) is 0 Å². The van der Waals surface area contributed by atoms with E-state index in [1.165, 1.54) is 13.5 Å². The van der Waals surface area contributed by atoms with Crippen LogP contribution in [0.15, 0.2) is 22.8 Å². The van der Waals surface area contributed by atoms with Crippen LogP contribution in [0, 0.1) is 0 Å². The van der Waals surface area contributed by atoms with Crippen molar-refractivity contribution < 1.29 is 13.9 Å². The first-order valence-electron chi connectivity index (χ1n) is 5.68. The lowest BCUT2D eigenvalue weighted by Crippen LogP contribution is -2.38. The van der Waals surface area contributed by atoms with Gasteiger partial charge in [0.05, 0.1) is 13.4 Å². The molecule has 2 heterocycles. The molecule has 0 aromatic carbocycles. The van der Waals surface area contributed by atoms with Gasteiger partial charge in [-0.25, -0.2) is 4.79 Å². The summed E-state index contributed by atoms with van der Waals surface area (Å²) in [5, 5.41) is 0. The normalized spacial score (nSPS) is 19.3. The van der Waals surface area contributed by atoms with Gasteiger partial charge < -0.3 is 9.15 Å². The Kier molecular flexibility index (Phi) is 3.62. The van der Waals surface area contributed by atoms with Crippen LogP contribution in [0.3, 0.4) is 0 Å². The van der Waals surface area contributed by atoms with Gasteiger partial charge in [-0.3, -0.25) is 4.90 Å². The molecule has 1 aromatic rings. The highest BCUT2D eigenvalue weighted by molar-refractivity contribution is 5.76. The van der Waals surface area contributed by atoms with Crippen LogP contribution < -0.4 is 0 Å². The van der Waals surface area contributed by atoms with Crippen molar-refractivity contribution in [3.05, 3.63) is 24.2 Å². The first-order valence-corrected chi connectivity index (χ1v) is 5.68. The van der Waals surface area contributed by atoms with Crippen molar-refractivity contribution in [2.75, 3.05) is 20.2 Å². The number of methoxy groups -OCH3 is 1. The summed E-state index contributed by atoms with van der Waals surface area (Å²) in [6.45, 7) is 1.86. The summed E-state index contributed by atoms with van der Waals surface area (Å²) in [5.74, 6) is 0.436. The van der Waals surface area contributed by atoms with E-state index in [4.69, 9.17) is 9.15 Å². The number of carbonyl (C=O) groups is 1. The number of ether oxygens (including phenoxy) is 1. The van der Waals surface area contributed by atoms with Gasteiger partial charge in [0.2, 0.25) is 0 Å². The quantitative estimate of drug-likeness (QED) is 0.735. The number of nitrogens with zero attached hydrogens (tertiary/aromatic N) is 1. The molecule has 1 unspecified atom stereocenters. The first kappa shape index (κ1) is 11.2. The third-order valence-electron chi connectivity index (χ3n) is 2.99. The number of hydrogen-bond acceptors (Lipinski definition) is 4. The molecule has 1 atom stereocenters. The molecule has 1 aliphatic rings. The zero-order chi connectivity index (χ0) is 11.4. The molecule has 0 aliphatic carbocycles. The summed E-state index contributed by atoms with van der Waals surface area (Å²) in [7, 11) is 1.42. The Morgan fingerprint density at radius 2 is 2.19 bits per heavy atom. The molecule has 2 rings (SSSR count). The second-order valence-corrected chi connectivity index (χ2v) is 4.04. The van der Waals surface area contributed by atoms with Crippen molar-refractivity contribution in [1.82, 2.24) is 4.90 Å². The third kappa shape index (κ3) is 2.27. The maximum absolute atomic E-state index is 11.8. The van der Waals surface area contributed by atoms with Crippen LogP contribution in [0.1, 0.15) is 31.1 Å². The predicted octanol–water partition coefficient (Wildman–Crippen LogP) is 1.98. The molecule has 0 radical (unpaired) electrons. The van der Waals surface area contributed by atoms with E-state index in [9.17, 15) is 4.79 Å². The first-order chi connectivity index (χ1) is 7.83. The molecule has 0 saturated carbocycles. The number of furan rings is 1. The van der Waals surface area contributed by atoms with E-state index in [-0.39, 0.29) is 12.0 Å². The number of esters is 1. The highest BCUT2D eigenvalue weighted by Gasteiger charge is 2.31. The van der Waals surface area contributed by atoms with Crippen LogP contribution in [0.5, 0.6) is 0 Å². The molecule has 1 saturated heterocycles. The van der Waals surface area contributed by atoms with Gasteiger partial charge in [0, 0.05) is 0 Å². The lowest BCUT2D eigenvalue weighted by Gasteiger charge is -2.31. The smallest absolute Gasteiger partial charge is 0.331 e. The Morgan fingerprint density at radius 1 is 1.44 bits per heavy atom. The van der Waals surface area contributed by atoms with Crippen LogP contribution in [0.25, 0.3) is 0 Å². The molecule has 1 aliphatic heterocycles. The van der Waals surface area contributed by atoms with Gasteiger partial charge in [-0.15, -0.1) is 0 Å². The van der Waals surface area contributed by atoms with Gasteiger partial charge in [-0.05, 0) is 38.1 Å². The Hall–Kier alpha value is -1.29. The maximum Gasteiger partial charge on any atom is 0.331 e. The molecular weight excluding hydrogens is 206 g/mol. The van der Waals surface area contributed by atoms with Crippen LogP contribution in [0.4, 0.5) is 0 Å². The summed E-state index contributed by atoms with van der Waals surface area (Å²) in [6, 6.07) is 3.26. The maximum atomic E-state index is 11.8. The van der Waals surface area contributed by atoms with Gasteiger partial charge in [-0.2, -0.15) is 0 Å². The summed E-state index contributed by atoms with van der Waals surface area (Å²) in [4.78, 5) is 13.9. The number of rotatable bonds is 3. The fourth-order valence-electron chi connectivity index (χ4n) is 2.18. The molecular formula is C12H17NO3. The average Bonchev–Trinajstić information content (AvgIpc) is 2.84. The standard InChI is InChI=1S/C12H17NO3/c1-15-12(14)11(10-6-5-9-16-10)13-7-3-2-4-8-13/h5-6,9,11H,2-4,7-8H2,1H3. The minimum absolute atomic E-state index is 0.239. The molecule has 0 bridgehead atoms. The van der Waals surface area contributed by atoms with E-state index in [0.29, 0.717) is 5.76 Å². The summed E-state index contributed by atoms with van der Waals surface area (Å²) in [6.07, 6.45) is 5.10. The Balaban J connectivity index is 2.17. The minimum atomic E-state index is -0.375. The third-order valence-corrected chi connectivity index (χ3v) is 2.99. The van der Waals surface area contributed by atoms with Crippen molar-refractivity contribution in [3.8, 4) is 0 Å². The Bertz CT molecular complexity index is 328. The van der Waals surface area contributed by atoms with E-state index < -0.39 is 0 Å². The SMILES string of the molecule is COC(=O)C(c1ccco1)N1CCCCC1. The molecule has 0 spiro atoms. The van der Waals surface area contributed by atoms with E-state index >= 15 is 0 Å². The lowest BCUT2D eigenvalue weighted by molar-refractivity contribution is -0.148. The lowest BCUT2D eigenvalue weighted by atomic mass is 10.1. The van der Waals surface area contributed by atoms with Gasteiger partial charge >= 0.3 is 5.97 Å². The molecule has 4 nitrogen and oxygen atoms in total. The van der Waals surface area contributed by atoms with Crippen LogP contribution in [0.2, 0.25) is 0 Å². The van der Waals surface area contributed by atoms with E-state index in [1.807, 2.05) is 6.07 Å². The monoisotopic (exact) mass is 223 g/mol. The topological polar surface area (TPSA) is 42.7 Å². The van der Waals surface area contributed by atoms with Crippen molar-refractivity contribution >= 4 is 5.97 Å². The minimum Gasteiger partial charge on any atom is -0.467 e. The number of likely N-dealkylation sites (tertiary alicyclic amines) is 1. The Morgan fingerprint density at radius 3 is 2.75 bits per heavy atom. The molecule has 0 N–H and O–H groups in total. The van der Waals surface area contributed by atoms with Crippen LogP contribution >= 0.6 is 0 Å². The Labute approximate surface area is 95.2 Å². The fraction of sp³-hybridized carbons (Fsp3) is 0.583. The van der Waals surface area contributed by atoms with Crippen molar-refractivity contribution in [1.29, 1.82) is 0 Å². The van der Waals surface area contributed by atoms with Gasteiger partial charge in [0.15, 0.2) is 6.04 Å². The molecule has 4 heteroatoms. The van der Waals surface area contributed by atoms with E-state index in [1.54, 1.807) is 12.3 Å². The molecule has 16 heavy (non-hydrogen) atoms. The predicted molar refractivity (Wildman–Crippen MR) is 58.9 cm³/mol. The van der Waals surface area contributed by atoms with Crippen LogP contribution in [-0.2, 0) is 9.53 Å². The molecule has 1 fully saturated rings. The fourth-order valence-corrected chi connectivity index (χ4v) is 2.18. The van der Waals surface area contributed by atoms with E-state index in [2.05, 4.69) is 4.90 Å². The van der Waals surface area contributed by atoms with Gasteiger partial charge in [-0.1, -0.05) is 6.42 Å². The van der Waals surface area contributed by atoms with Crippen molar-refractivity contribution in [2.45, 2.75) is 25.3 Å². The molecule has 88 valence electrons. The second kappa shape index (κ2) is 5.16. The highest BCUT2D eigenvalue weighted by atomic mass is 16.5. The van der Waals surface area contributed by atoms with Gasteiger partial charge in [0.1, 0.15) is 5.76 Å². The average molecular weight is 223 g/mol. The zero-order valence-corrected chi connectivity index (χ0v) is 9.52. The summed E-state index contributed by atoms with van der Waals surface area (Å²) >= 11 is 0. The zero-order valence-electron chi connectivity index (χ0n) is 9.52. The highest BCUT2D eigenvalue weighted by Crippen LogP contribution is 2.25. The number of carbonyl (C=O) groups excluding carboxylic acids is 1. The van der Waals surface area contributed by atoms with E-state index in [0.717, 1.165) is 25.9 Å². The summed E-state index contributed by atoms with van der Waals surface area (Å²) < 4.78 is 10.2. The van der Waals surface area contributed by atoms with Crippen molar-refractivity contribution in [3.63, 3.8) is 0 Å². The second-order valence-electron chi connectivity index (χ2n) is 4.04. The summed E-state index contributed by atoms with van der Waals surface area (Å²) in [5.41, 5.74) is 0. The molecule has 1 aromatic heterocycles. The van der Waals surface area contributed by atoms with Crippen LogP contribution in [-0.4, -0.2) is 31.1 Å².